The van der Waals surface area contributed by atoms with Gasteiger partial charge < -0.3 is 20.2 Å². The first-order valence-electron chi connectivity index (χ1n) is 8.42. The number of nitrogens with zero attached hydrogens (tertiary/aromatic N) is 3. The Labute approximate surface area is 158 Å². The molecule has 148 valence electrons. The highest BCUT2D eigenvalue weighted by atomic mass is 19.1. The van der Waals surface area contributed by atoms with Crippen LogP contribution in [0.2, 0.25) is 0 Å². The van der Waals surface area contributed by atoms with Gasteiger partial charge in [0.05, 0.1) is 5.69 Å². The summed E-state index contributed by atoms with van der Waals surface area (Å²) in [6, 6.07) is 3.52. The molecule has 1 aliphatic rings. The molecular weight excluding hydrogens is 377 g/mol. The van der Waals surface area contributed by atoms with Gasteiger partial charge in [-0.2, -0.15) is 0 Å². The number of hydrogen-bond acceptors (Lipinski definition) is 5. The van der Waals surface area contributed by atoms with Gasteiger partial charge in [0.25, 0.3) is 0 Å². The van der Waals surface area contributed by atoms with Gasteiger partial charge in [0.2, 0.25) is 5.91 Å². The standard InChI is InChI=1S/C18H17F3N4O3/c1-10(26)24-4-6-25(7-5-24)17-14(21)9-12(18(27)28)16(23-17)22-15-3-2-11(19)8-13(15)20/h2-3,8-9H,4-7H2,1H3,(H,22,23)(H,27,28). The Hall–Kier alpha value is -3.30. The molecule has 1 saturated heterocycles. The smallest absolute Gasteiger partial charge is 0.339 e. The summed E-state index contributed by atoms with van der Waals surface area (Å²) in [5.41, 5.74) is -0.692. The number of hydrogen-bond donors (Lipinski definition) is 2. The summed E-state index contributed by atoms with van der Waals surface area (Å²) >= 11 is 0. The van der Waals surface area contributed by atoms with Crippen molar-refractivity contribution in [1.29, 1.82) is 0 Å². The number of amides is 1. The van der Waals surface area contributed by atoms with Gasteiger partial charge in [0, 0.05) is 39.2 Å². The molecule has 1 aliphatic heterocycles. The summed E-state index contributed by atoms with van der Waals surface area (Å²) in [6.07, 6.45) is 0. The van der Waals surface area contributed by atoms with Crippen molar-refractivity contribution in [3.05, 3.63) is 47.3 Å². The molecule has 0 radical (unpaired) electrons. The lowest BCUT2D eigenvalue weighted by Crippen LogP contribution is -2.48. The van der Waals surface area contributed by atoms with Crippen molar-refractivity contribution >= 4 is 29.2 Å². The average Bonchev–Trinajstić information content (AvgIpc) is 2.65. The molecule has 1 aromatic carbocycles. The molecule has 28 heavy (non-hydrogen) atoms. The van der Waals surface area contributed by atoms with E-state index >= 15 is 0 Å². The fourth-order valence-electron chi connectivity index (χ4n) is 2.91. The van der Waals surface area contributed by atoms with E-state index in [9.17, 15) is 27.9 Å². The first-order valence-corrected chi connectivity index (χ1v) is 8.42. The Bertz CT molecular complexity index is 931. The van der Waals surface area contributed by atoms with Gasteiger partial charge >= 0.3 is 5.97 Å². The first kappa shape index (κ1) is 19.5. The Morgan fingerprint density at radius 2 is 1.75 bits per heavy atom. The number of aromatic nitrogens is 1. The predicted molar refractivity (Wildman–Crippen MR) is 95.3 cm³/mol. The van der Waals surface area contributed by atoms with E-state index < -0.39 is 29.0 Å². The van der Waals surface area contributed by atoms with Crippen molar-refractivity contribution in [2.45, 2.75) is 6.92 Å². The molecule has 1 aromatic heterocycles. The van der Waals surface area contributed by atoms with Crippen molar-refractivity contribution in [2.75, 3.05) is 36.4 Å². The van der Waals surface area contributed by atoms with Crippen molar-refractivity contribution in [3.63, 3.8) is 0 Å². The summed E-state index contributed by atoms with van der Waals surface area (Å²) in [5, 5.41) is 11.8. The van der Waals surface area contributed by atoms with Gasteiger partial charge in [-0.15, -0.1) is 0 Å². The van der Waals surface area contributed by atoms with Gasteiger partial charge in [-0.1, -0.05) is 0 Å². The lowest BCUT2D eigenvalue weighted by Gasteiger charge is -2.35. The van der Waals surface area contributed by atoms with Gasteiger partial charge in [0.15, 0.2) is 11.6 Å². The molecule has 0 bridgehead atoms. The van der Waals surface area contributed by atoms with Crippen LogP contribution in [0.4, 0.5) is 30.5 Å². The maximum absolute atomic E-state index is 14.5. The number of rotatable bonds is 4. The third-order valence-electron chi connectivity index (χ3n) is 4.40. The quantitative estimate of drug-likeness (QED) is 0.829. The fraction of sp³-hybridized carbons (Fsp3) is 0.278. The van der Waals surface area contributed by atoms with Crippen LogP contribution in [-0.4, -0.2) is 53.0 Å². The van der Waals surface area contributed by atoms with E-state index in [-0.39, 0.29) is 23.2 Å². The zero-order valence-electron chi connectivity index (χ0n) is 14.9. The molecule has 2 aromatic rings. The minimum absolute atomic E-state index is 0.0940. The fourth-order valence-corrected chi connectivity index (χ4v) is 2.91. The van der Waals surface area contributed by atoms with Gasteiger partial charge in [-0.05, 0) is 18.2 Å². The number of carbonyl (C=O) groups excluding carboxylic acids is 1. The highest BCUT2D eigenvalue weighted by molar-refractivity contribution is 5.94. The Morgan fingerprint density at radius 3 is 2.32 bits per heavy atom. The van der Waals surface area contributed by atoms with E-state index in [4.69, 9.17) is 0 Å². The molecule has 0 unspecified atom stereocenters. The number of pyridine rings is 1. The number of carboxylic acids is 1. The SMILES string of the molecule is CC(=O)N1CCN(c2nc(Nc3ccc(F)cc3F)c(C(=O)O)cc2F)CC1. The van der Waals surface area contributed by atoms with Crippen molar-refractivity contribution in [1.82, 2.24) is 9.88 Å². The second-order valence-electron chi connectivity index (χ2n) is 6.24. The van der Waals surface area contributed by atoms with Crippen molar-refractivity contribution in [3.8, 4) is 0 Å². The molecule has 1 fully saturated rings. The maximum atomic E-state index is 14.5. The van der Waals surface area contributed by atoms with Crippen LogP contribution >= 0.6 is 0 Å². The monoisotopic (exact) mass is 394 g/mol. The summed E-state index contributed by atoms with van der Waals surface area (Å²) in [5.74, 6) is -4.52. The third-order valence-corrected chi connectivity index (χ3v) is 4.40. The maximum Gasteiger partial charge on any atom is 0.339 e. The topological polar surface area (TPSA) is 85.8 Å². The van der Waals surface area contributed by atoms with E-state index in [0.717, 1.165) is 18.2 Å². The number of halogens is 3. The summed E-state index contributed by atoms with van der Waals surface area (Å²) < 4.78 is 41.5. The molecule has 1 amide bonds. The molecule has 2 N–H and O–H groups in total. The molecule has 7 nitrogen and oxygen atoms in total. The van der Waals surface area contributed by atoms with Crippen LogP contribution in [0.15, 0.2) is 24.3 Å². The zero-order valence-corrected chi connectivity index (χ0v) is 14.9. The van der Waals surface area contributed by atoms with Crippen LogP contribution in [0.1, 0.15) is 17.3 Å². The van der Waals surface area contributed by atoms with Crippen molar-refractivity contribution < 1.29 is 27.9 Å². The zero-order chi connectivity index (χ0) is 20.4. The number of benzene rings is 1. The van der Waals surface area contributed by atoms with Crippen LogP contribution in [0.3, 0.4) is 0 Å². The molecule has 0 saturated carbocycles. The second kappa shape index (κ2) is 7.75. The molecule has 2 heterocycles. The number of piperazine rings is 1. The Kier molecular flexibility index (Phi) is 5.39. The van der Waals surface area contributed by atoms with E-state index in [1.165, 1.54) is 6.92 Å². The lowest BCUT2D eigenvalue weighted by molar-refractivity contribution is -0.129. The lowest BCUT2D eigenvalue weighted by atomic mass is 10.2. The normalized spacial score (nSPS) is 14.1. The average molecular weight is 394 g/mol. The second-order valence-corrected chi connectivity index (χ2v) is 6.24. The number of aromatic carboxylic acids is 1. The summed E-state index contributed by atoms with van der Waals surface area (Å²) in [7, 11) is 0. The molecular formula is C18H17F3N4O3. The van der Waals surface area contributed by atoms with Crippen LogP contribution in [0.5, 0.6) is 0 Å². The van der Waals surface area contributed by atoms with Gasteiger partial charge in [-0.3, -0.25) is 4.79 Å². The van der Waals surface area contributed by atoms with Crippen LogP contribution in [0.25, 0.3) is 0 Å². The number of nitrogens with one attached hydrogen (secondary N) is 1. The van der Waals surface area contributed by atoms with E-state index in [1.54, 1.807) is 9.80 Å². The van der Waals surface area contributed by atoms with Crippen LogP contribution < -0.4 is 10.2 Å². The molecule has 0 aliphatic carbocycles. The minimum atomic E-state index is -1.45. The largest absolute Gasteiger partial charge is 0.478 e. The summed E-state index contributed by atoms with van der Waals surface area (Å²) in [4.78, 5) is 30.1. The van der Waals surface area contributed by atoms with E-state index in [1.807, 2.05) is 0 Å². The third kappa shape index (κ3) is 4.00. The first-order chi connectivity index (χ1) is 13.3. The minimum Gasteiger partial charge on any atom is -0.478 e. The van der Waals surface area contributed by atoms with E-state index in [2.05, 4.69) is 10.3 Å². The van der Waals surface area contributed by atoms with Crippen LogP contribution in [-0.2, 0) is 4.79 Å². The highest BCUT2D eigenvalue weighted by Gasteiger charge is 2.25. The molecule has 10 heteroatoms. The highest BCUT2D eigenvalue weighted by Crippen LogP contribution is 2.28. The molecule has 0 atom stereocenters. The Morgan fingerprint density at radius 1 is 1.07 bits per heavy atom. The van der Waals surface area contributed by atoms with Crippen LogP contribution in [0, 0.1) is 17.5 Å². The molecule has 0 spiro atoms. The number of carbonyl (C=O) groups is 2. The number of anilines is 3. The van der Waals surface area contributed by atoms with Gasteiger partial charge in [0.1, 0.15) is 23.0 Å². The Balaban J connectivity index is 1.94. The molecule has 3 rings (SSSR count). The summed E-state index contributed by atoms with van der Waals surface area (Å²) in [6.45, 7) is 2.79. The predicted octanol–water partition coefficient (Wildman–Crippen LogP) is 2.61. The number of carboxylic acid groups (broad SMARTS) is 1. The van der Waals surface area contributed by atoms with E-state index in [0.29, 0.717) is 32.2 Å². The van der Waals surface area contributed by atoms with Crippen molar-refractivity contribution in [2.24, 2.45) is 0 Å². The van der Waals surface area contributed by atoms with Gasteiger partial charge in [-0.25, -0.2) is 22.9 Å².